The molecular weight excluding hydrogens is 330 g/mol. The first kappa shape index (κ1) is 17.3. The summed E-state index contributed by atoms with van der Waals surface area (Å²) in [5.74, 6) is -0.784. The molecule has 130 valence electrons. The lowest BCUT2D eigenvalue weighted by Gasteiger charge is -2.06. The largest absolute Gasteiger partial charge is 0.322 e. The van der Waals surface area contributed by atoms with Crippen LogP contribution in [-0.2, 0) is 4.79 Å². The van der Waals surface area contributed by atoms with Crippen LogP contribution in [-0.4, -0.2) is 27.1 Å². The van der Waals surface area contributed by atoms with Crippen LogP contribution in [0, 0.1) is 0 Å². The van der Waals surface area contributed by atoms with Gasteiger partial charge in [-0.05, 0) is 50.2 Å². The Labute approximate surface area is 150 Å². The minimum atomic E-state index is -0.390. The number of Topliss-reactive ketones (excluding diaryl/α,β-unsaturated/α-hetero) is 1. The van der Waals surface area contributed by atoms with Gasteiger partial charge in [-0.25, -0.2) is 4.98 Å². The van der Waals surface area contributed by atoms with Gasteiger partial charge < -0.3 is 5.32 Å². The zero-order valence-corrected chi connectivity index (χ0v) is 14.4. The number of aromatic nitrogens is 2. The molecule has 1 heterocycles. The number of hydrogen-bond donors (Lipinski definition) is 1. The van der Waals surface area contributed by atoms with Crippen LogP contribution in [0.2, 0.25) is 0 Å². The highest BCUT2D eigenvalue weighted by atomic mass is 16.2. The number of hydrogen-bond acceptors (Lipinski definition) is 4. The highest BCUT2D eigenvalue weighted by molar-refractivity contribution is 6.08. The van der Waals surface area contributed by atoms with E-state index in [1.54, 1.807) is 37.3 Å². The van der Waals surface area contributed by atoms with Crippen molar-refractivity contribution >= 4 is 34.3 Å². The topological polar surface area (TPSA) is 81.1 Å². The summed E-state index contributed by atoms with van der Waals surface area (Å²) in [6.07, 6.45) is 2.71. The molecular formula is C20H17N3O3. The van der Waals surface area contributed by atoms with Crippen LogP contribution in [0.4, 0.5) is 5.69 Å². The van der Waals surface area contributed by atoms with E-state index in [2.05, 4.69) is 10.3 Å². The molecule has 0 saturated carbocycles. The summed E-state index contributed by atoms with van der Waals surface area (Å²) >= 11 is 0. The van der Waals surface area contributed by atoms with Crippen molar-refractivity contribution in [1.82, 2.24) is 9.55 Å². The smallest absolute Gasteiger partial charge is 0.256 e. The number of carbonyl (C=O) groups is 3. The zero-order valence-electron chi connectivity index (χ0n) is 14.4. The number of para-hydroxylation sites is 2. The number of allylic oxidation sites excluding steroid dienone is 1. The maximum atomic E-state index is 12.4. The van der Waals surface area contributed by atoms with Crippen molar-refractivity contribution in [1.29, 1.82) is 0 Å². The van der Waals surface area contributed by atoms with Gasteiger partial charge >= 0.3 is 0 Å². The van der Waals surface area contributed by atoms with Gasteiger partial charge in [0.1, 0.15) is 6.33 Å². The maximum Gasteiger partial charge on any atom is 0.256 e. The van der Waals surface area contributed by atoms with Crippen molar-refractivity contribution in [2.75, 3.05) is 5.32 Å². The highest BCUT2D eigenvalue weighted by Gasteiger charge is 2.11. The molecule has 6 heteroatoms. The monoisotopic (exact) mass is 347 g/mol. The lowest BCUT2D eigenvalue weighted by Crippen LogP contribution is -2.15. The maximum absolute atomic E-state index is 12.4. The summed E-state index contributed by atoms with van der Waals surface area (Å²) in [5, 5.41) is 2.70. The third-order valence-corrected chi connectivity index (χ3v) is 3.94. The summed E-state index contributed by atoms with van der Waals surface area (Å²) in [5.41, 5.74) is 2.78. The third kappa shape index (κ3) is 3.59. The first-order chi connectivity index (χ1) is 12.5. The number of carbonyl (C=O) groups excluding carboxylic acids is 3. The number of amides is 1. The molecule has 0 bridgehead atoms. The summed E-state index contributed by atoms with van der Waals surface area (Å²) in [7, 11) is 0. The first-order valence-corrected chi connectivity index (χ1v) is 8.03. The van der Waals surface area contributed by atoms with Gasteiger partial charge in [-0.1, -0.05) is 12.1 Å². The Morgan fingerprint density at radius 3 is 2.38 bits per heavy atom. The molecule has 2 aromatic carbocycles. The van der Waals surface area contributed by atoms with Crippen LogP contribution < -0.4 is 5.32 Å². The van der Waals surface area contributed by atoms with Crippen molar-refractivity contribution in [3.8, 4) is 0 Å². The molecule has 0 spiro atoms. The van der Waals surface area contributed by atoms with E-state index in [0.717, 1.165) is 0 Å². The molecule has 0 fully saturated rings. The highest BCUT2D eigenvalue weighted by Crippen LogP contribution is 2.14. The van der Waals surface area contributed by atoms with Gasteiger partial charge in [0.25, 0.3) is 11.8 Å². The number of anilines is 1. The van der Waals surface area contributed by atoms with Crippen molar-refractivity contribution < 1.29 is 14.4 Å². The summed E-state index contributed by atoms with van der Waals surface area (Å²) in [6.45, 7) is 3.04. The fourth-order valence-electron chi connectivity index (χ4n) is 2.47. The standard InChI is InChI=1S/C20H17N3O3/c1-13(20(26)22-16-9-7-15(8-10-16)14(2)24)11-19(25)23-12-21-17-5-3-4-6-18(17)23/h3-12H,1-2H3,(H,22,26)/b13-11-. The Kier molecular flexibility index (Phi) is 4.75. The van der Waals surface area contributed by atoms with Gasteiger partial charge in [0.05, 0.1) is 11.0 Å². The summed E-state index contributed by atoms with van der Waals surface area (Å²) in [4.78, 5) is 40.2. The molecule has 0 aliphatic rings. The SMILES string of the molecule is CC(=O)c1ccc(NC(=O)/C(C)=C\C(=O)n2cnc3ccccc32)cc1. The van der Waals surface area contributed by atoms with E-state index in [0.29, 0.717) is 22.3 Å². The molecule has 26 heavy (non-hydrogen) atoms. The molecule has 1 aromatic heterocycles. The summed E-state index contributed by atoms with van der Waals surface area (Å²) in [6, 6.07) is 13.8. The van der Waals surface area contributed by atoms with Crippen molar-refractivity contribution in [3.05, 3.63) is 72.1 Å². The van der Waals surface area contributed by atoms with Crippen LogP contribution in [0.25, 0.3) is 11.0 Å². The minimum absolute atomic E-state index is 0.0443. The molecule has 0 aliphatic heterocycles. The van der Waals surface area contributed by atoms with E-state index in [4.69, 9.17) is 0 Å². The number of rotatable bonds is 4. The number of fused-ring (bicyclic) bond motifs is 1. The fraction of sp³-hybridized carbons (Fsp3) is 0.100. The average molecular weight is 347 g/mol. The van der Waals surface area contributed by atoms with Gasteiger partial charge in [0.2, 0.25) is 0 Å². The molecule has 0 radical (unpaired) electrons. The predicted molar refractivity (Wildman–Crippen MR) is 99.2 cm³/mol. The van der Waals surface area contributed by atoms with Crippen LogP contribution >= 0.6 is 0 Å². The third-order valence-electron chi connectivity index (χ3n) is 3.94. The second kappa shape index (κ2) is 7.14. The lowest BCUT2D eigenvalue weighted by atomic mass is 10.1. The lowest BCUT2D eigenvalue weighted by molar-refractivity contribution is -0.112. The van der Waals surface area contributed by atoms with E-state index in [1.807, 2.05) is 18.2 Å². The summed E-state index contributed by atoms with van der Waals surface area (Å²) < 4.78 is 1.40. The Bertz CT molecular complexity index is 1030. The number of benzene rings is 2. The molecule has 1 amide bonds. The van der Waals surface area contributed by atoms with E-state index in [1.165, 1.54) is 23.9 Å². The molecule has 0 saturated heterocycles. The van der Waals surface area contributed by atoms with Crippen molar-refractivity contribution in [3.63, 3.8) is 0 Å². The van der Waals surface area contributed by atoms with Crippen molar-refractivity contribution in [2.24, 2.45) is 0 Å². The average Bonchev–Trinajstić information content (AvgIpc) is 3.06. The van der Waals surface area contributed by atoms with Gasteiger partial charge in [-0.2, -0.15) is 0 Å². The Balaban J connectivity index is 1.75. The second-order valence-electron chi connectivity index (χ2n) is 5.86. The quantitative estimate of drug-likeness (QED) is 0.579. The van der Waals surface area contributed by atoms with Crippen LogP contribution in [0.15, 0.2) is 66.5 Å². The predicted octanol–water partition coefficient (Wildman–Crippen LogP) is 3.46. The molecule has 0 atom stereocenters. The van der Waals surface area contributed by atoms with Crippen LogP contribution in [0.3, 0.4) is 0 Å². The van der Waals surface area contributed by atoms with E-state index in [9.17, 15) is 14.4 Å². The first-order valence-electron chi connectivity index (χ1n) is 8.03. The van der Waals surface area contributed by atoms with Crippen LogP contribution in [0.5, 0.6) is 0 Å². The van der Waals surface area contributed by atoms with Gasteiger partial charge in [0, 0.05) is 22.9 Å². The number of nitrogens with one attached hydrogen (secondary N) is 1. The van der Waals surface area contributed by atoms with E-state index >= 15 is 0 Å². The normalized spacial score (nSPS) is 11.4. The fourth-order valence-corrected chi connectivity index (χ4v) is 2.47. The minimum Gasteiger partial charge on any atom is -0.322 e. The number of ketones is 1. The van der Waals surface area contributed by atoms with Gasteiger partial charge in [-0.15, -0.1) is 0 Å². The molecule has 6 nitrogen and oxygen atoms in total. The second-order valence-corrected chi connectivity index (χ2v) is 5.86. The Hall–Kier alpha value is -3.54. The van der Waals surface area contributed by atoms with Gasteiger partial charge in [-0.3, -0.25) is 19.0 Å². The van der Waals surface area contributed by atoms with Crippen LogP contribution in [0.1, 0.15) is 29.0 Å². The zero-order chi connectivity index (χ0) is 18.7. The molecule has 0 unspecified atom stereocenters. The molecule has 3 aromatic rings. The number of imidazole rings is 1. The number of nitrogens with zero attached hydrogens (tertiary/aromatic N) is 2. The van der Waals surface area contributed by atoms with Gasteiger partial charge in [0.15, 0.2) is 5.78 Å². The Morgan fingerprint density at radius 1 is 1.00 bits per heavy atom. The Morgan fingerprint density at radius 2 is 1.69 bits per heavy atom. The van der Waals surface area contributed by atoms with E-state index < -0.39 is 5.91 Å². The molecule has 1 N–H and O–H groups in total. The van der Waals surface area contributed by atoms with E-state index in [-0.39, 0.29) is 17.3 Å². The van der Waals surface area contributed by atoms with Crippen molar-refractivity contribution in [2.45, 2.75) is 13.8 Å². The molecule has 3 rings (SSSR count). The molecule has 0 aliphatic carbocycles.